The molecule has 3 nitrogen and oxygen atoms in total. The number of hydrogen-bond acceptors (Lipinski definition) is 3. The van der Waals surface area contributed by atoms with Crippen molar-refractivity contribution in [1.29, 1.82) is 0 Å². The molecule has 2 rings (SSSR count). The molecule has 1 aromatic heterocycles. The fourth-order valence-corrected chi connectivity index (χ4v) is 2.71. The molecule has 0 aliphatic rings. The van der Waals surface area contributed by atoms with Crippen LogP contribution in [0.1, 0.15) is 5.56 Å². The van der Waals surface area contributed by atoms with E-state index in [9.17, 15) is 4.80 Å². The third-order valence-electron chi connectivity index (χ3n) is 2.89. The first kappa shape index (κ1) is 12.2. The van der Waals surface area contributed by atoms with E-state index in [1.165, 1.54) is 5.56 Å². The van der Waals surface area contributed by atoms with Crippen LogP contribution >= 0.6 is 0 Å². The summed E-state index contributed by atoms with van der Waals surface area (Å²) in [5.41, 5.74) is 7.72. The van der Waals surface area contributed by atoms with E-state index in [0.29, 0.717) is 6.54 Å². The zero-order valence-electron chi connectivity index (χ0n) is 10.3. The molecule has 0 aliphatic carbocycles. The van der Waals surface area contributed by atoms with Gasteiger partial charge in [0.25, 0.3) is 0 Å². The highest BCUT2D eigenvalue weighted by atomic mass is 28.4. The van der Waals surface area contributed by atoms with Crippen LogP contribution in [0.2, 0.25) is 13.1 Å². The lowest BCUT2D eigenvalue weighted by Crippen LogP contribution is -2.41. The van der Waals surface area contributed by atoms with Crippen molar-refractivity contribution in [3.63, 3.8) is 0 Å². The second-order valence-corrected chi connectivity index (χ2v) is 8.54. The van der Waals surface area contributed by atoms with Crippen molar-refractivity contribution in [3.8, 4) is 0 Å². The number of nitrogens with two attached hydrogens (primary N) is 1. The summed E-state index contributed by atoms with van der Waals surface area (Å²) in [6.45, 7) is 4.46. The molecule has 3 N–H and O–H groups in total. The molecule has 0 saturated carbocycles. The number of pyridine rings is 1. The number of aromatic nitrogens is 1. The monoisotopic (exact) mass is 246 g/mol. The third kappa shape index (κ3) is 2.72. The predicted octanol–water partition coefficient (Wildman–Crippen LogP) is 1.14. The Balaban J connectivity index is 2.47. The van der Waals surface area contributed by atoms with Gasteiger partial charge in [-0.3, -0.25) is 4.98 Å². The summed E-state index contributed by atoms with van der Waals surface area (Å²) in [5, 5.41) is 2.05. The smallest absolute Gasteiger partial charge is 0.215 e. The van der Waals surface area contributed by atoms with Gasteiger partial charge < -0.3 is 10.5 Å². The average molecular weight is 246 g/mol. The fraction of sp³-hybridized carbons (Fsp3) is 0.308. The Kier molecular flexibility index (Phi) is 3.28. The summed E-state index contributed by atoms with van der Waals surface area (Å²) in [6, 6.07) is 8.24. The standard InChI is InChI=1S/C13H18N2OSi/c1-17(2,16)12-8-11-4-3-10(5-6-14)7-13(11)15-9-12/h3-4,7-9,16H,5-6,14H2,1-2H3. The third-order valence-corrected chi connectivity index (χ3v) is 4.57. The van der Waals surface area contributed by atoms with Gasteiger partial charge in [0.1, 0.15) is 0 Å². The van der Waals surface area contributed by atoms with E-state index in [0.717, 1.165) is 22.5 Å². The van der Waals surface area contributed by atoms with Crippen molar-refractivity contribution in [3.05, 3.63) is 36.0 Å². The Bertz CT molecular complexity index is 534. The van der Waals surface area contributed by atoms with Crippen molar-refractivity contribution in [2.45, 2.75) is 19.5 Å². The van der Waals surface area contributed by atoms with Crippen LogP contribution in [0.5, 0.6) is 0 Å². The van der Waals surface area contributed by atoms with Crippen molar-refractivity contribution in [1.82, 2.24) is 4.98 Å². The molecule has 0 saturated heterocycles. The lowest BCUT2D eigenvalue weighted by molar-refractivity contribution is 0.568. The van der Waals surface area contributed by atoms with Crippen molar-refractivity contribution in [2.24, 2.45) is 5.73 Å². The van der Waals surface area contributed by atoms with Gasteiger partial charge in [0.15, 0.2) is 0 Å². The van der Waals surface area contributed by atoms with Gasteiger partial charge in [0, 0.05) is 11.6 Å². The number of fused-ring (bicyclic) bond motifs is 1. The molecule has 2 aromatic rings. The second-order valence-electron chi connectivity index (χ2n) is 4.85. The zero-order valence-corrected chi connectivity index (χ0v) is 11.3. The molecular formula is C13H18N2OSi. The zero-order chi connectivity index (χ0) is 12.5. The van der Waals surface area contributed by atoms with Gasteiger partial charge in [-0.15, -0.1) is 0 Å². The molecule has 0 atom stereocenters. The molecule has 1 aromatic carbocycles. The predicted molar refractivity (Wildman–Crippen MR) is 73.8 cm³/mol. The van der Waals surface area contributed by atoms with E-state index >= 15 is 0 Å². The van der Waals surface area contributed by atoms with E-state index in [1.54, 1.807) is 6.20 Å². The van der Waals surface area contributed by atoms with Gasteiger partial charge in [-0.25, -0.2) is 0 Å². The van der Waals surface area contributed by atoms with E-state index in [-0.39, 0.29) is 0 Å². The Hall–Kier alpha value is -1.23. The Morgan fingerprint density at radius 2 is 2.06 bits per heavy atom. The molecule has 0 radical (unpaired) electrons. The molecule has 0 bridgehead atoms. The summed E-state index contributed by atoms with van der Waals surface area (Å²) in [4.78, 5) is 14.5. The molecule has 0 fully saturated rings. The molecule has 0 amide bonds. The normalized spacial score (nSPS) is 12.0. The van der Waals surface area contributed by atoms with Crippen molar-refractivity contribution < 1.29 is 4.80 Å². The molecule has 0 spiro atoms. The number of hydrogen-bond donors (Lipinski definition) is 2. The highest BCUT2D eigenvalue weighted by Crippen LogP contribution is 2.14. The molecule has 90 valence electrons. The SMILES string of the molecule is C[Si](C)(O)c1cnc2cc(CCN)ccc2c1. The lowest BCUT2D eigenvalue weighted by atomic mass is 10.1. The van der Waals surface area contributed by atoms with Crippen LogP contribution in [0.15, 0.2) is 30.5 Å². The molecule has 4 heteroatoms. The highest BCUT2D eigenvalue weighted by molar-refractivity contribution is 6.83. The largest absolute Gasteiger partial charge is 0.428 e. The average Bonchev–Trinajstić information content (AvgIpc) is 2.27. The van der Waals surface area contributed by atoms with Gasteiger partial charge in [0.05, 0.1) is 5.52 Å². The summed E-state index contributed by atoms with van der Waals surface area (Å²) >= 11 is 0. The van der Waals surface area contributed by atoms with E-state index in [2.05, 4.69) is 23.2 Å². The first-order chi connectivity index (χ1) is 8.00. The minimum Gasteiger partial charge on any atom is -0.428 e. The van der Waals surface area contributed by atoms with E-state index in [1.807, 2.05) is 19.2 Å². The maximum Gasteiger partial charge on any atom is 0.215 e. The highest BCUT2D eigenvalue weighted by Gasteiger charge is 2.20. The fourth-order valence-electron chi connectivity index (χ4n) is 1.82. The van der Waals surface area contributed by atoms with Crippen LogP contribution in [0, 0.1) is 0 Å². The van der Waals surface area contributed by atoms with Gasteiger partial charge >= 0.3 is 0 Å². The van der Waals surface area contributed by atoms with Gasteiger partial charge in [-0.2, -0.15) is 0 Å². The minimum atomic E-state index is -2.26. The first-order valence-electron chi connectivity index (χ1n) is 5.82. The van der Waals surface area contributed by atoms with Crippen LogP contribution in [0.4, 0.5) is 0 Å². The van der Waals surface area contributed by atoms with Crippen LogP contribution in [0.25, 0.3) is 10.9 Å². The summed E-state index contributed by atoms with van der Waals surface area (Å²) in [6.07, 6.45) is 2.67. The van der Waals surface area contributed by atoms with Crippen LogP contribution in [-0.2, 0) is 6.42 Å². The van der Waals surface area contributed by atoms with Gasteiger partial charge in [0.2, 0.25) is 8.32 Å². The maximum atomic E-state index is 10.1. The molecule has 0 unspecified atom stereocenters. The minimum absolute atomic E-state index is 0.653. The Morgan fingerprint density at radius 1 is 1.29 bits per heavy atom. The van der Waals surface area contributed by atoms with E-state index in [4.69, 9.17) is 5.73 Å². The Morgan fingerprint density at radius 3 is 2.71 bits per heavy atom. The van der Waals surface area contributed by atoms with Crippen molar-refractivity contribution in [2.75, 3.05) is 6.54 Å². The Labute approximate surface area is 102 Å². The maximum absolute atomic E-state index is 10.1. The topological polar surface area (TPSA) is 59.1 Å². The summed E-state index contributed by atoms with van der Waals surface area (Å²) in [7, 11) is -2.26. The molecule has 0 aliphatic heterocycles. The quantitative estimate of drug-likeness (QED) is 0.799. The summed E-state index contributed by atoms with van der Waals surface area (Å²) in [5.74, 6) is 0. The second kappa shape index (κ2) is 4.56. The van der Waals surface area contributed by atoms with Crippen LogP contribution < -0.4 is 10.9 Å². The summed E-state index contributed by atoms with van der Waals surface area (Å²) < 4.78 is 0. The first-order valence-corrected chi connectivity index (χ1v) is 8.77. The van der Waals surface area contributed by atoms with Crippen LogP contribution in [0.3, 0.4) is 0 Å². The van der Waals surface area contributed by atoms with Crippen molar-refractivity contribution >= 4 is 24.4 Å². The number of rotatable bonds is 3. The van der Waals surface area contributed by atoms with Crippen LogP contribution in [-0.4, -0.2) is 24.6 Å². The van der Waals surface area contributed by atoms with Gasteiger partial charge in [-0.05, 0) is 48.9 Å². The van der Waals surface area contributed by atoms with E-state index < -0.39 is 8.32 Å². The number of benzene rings is 1. The lowest BCUT2D eigenvalue weighted by Gasteiger charge is -2.14. The molecule has 17 heavy (non-hydrogen) atoms. The molecule has 1 heterocycles. The number of nitrogens with zero attached hydrogens (tertiary/aromatic N) is 1. The molecular weight excluding hydrogens is 228 g/mol. The van der Waals surface area contributed by atoms with Gasteiger partial charge in [-0.1, -0.05) is 12.1 Å².